The quantitative estimate of drug-likeness (QED) is 0.829. The van der Waals surface area contributed by atoms with Crippen LogP contribution >= 0.6 is 0 Å². The third-order valence-electron chi connectivity index (χ3n) is 3.66. The number of aromatic nitrogens is 2. The number of nitrogens with zero attached hydrogens (tertiary/aromatic N) is 3. The van der Waals surface area contributed by atoms with Crippen LogP contribution in [0, 0.1) is 0 Å². The summed E-state index contributed by atoms with van der Waals surface area (Å²) < 4.78 is 15.6. The molecule has 9 heteroatoms. The molecule has 1 atom stereocenters. The zero-order chi connectivity index (χ0) is 16.9. The van der Waals surface area contributed by atoms with E-state index in [0.717, 1.165) is 0 Å². The Kier molecular flexibility index (Phi) is 4.90. The minimum atomic E-state index is -0.939. The van der Waals surface area contributed by atoms with Crippen molar-refractivity contribution in [3.8, 4) is 11.6 Å². The standard InChI is InChI=1S/C15H17N3O6/c19-13(18-5-7-22-10(9-18)8-14(20)21)4-3-12-16-15(17-24-12)11-2-1-6-23-11/h1-2,6,10H,3-5,7-9H2,(H,20,21). The van der Waals surface area contributed by atoms with Crippen LogP contribution < -0.4 is 0 Å². The highest BCUT2D eigenvalue weighted by Gasteiger charge is 2.26. The number of rotatable bonds is 6. The number of amides is 1. The highest BCUT2D eigenvalue weighted by atomic mass is 16.5. The smallest absolute Gasteiger partial charge is 0.306 e. The van der Waals surface area contributed by atoms with Gasteiger partial charge >= 0.3 is 5.97 Å². The Morgan fingerprint density at radius 3 is 3.04 bits per heavy atom. The number of carbonyl (C=O) groups is 2. The second-order valence-corrected chi connectivity index (χ2v) is 5.42. The molecule has 128 valence electrons. The van der Waals surface area contributed by atoms with Crippen molar-refractivity contribution in [1.82, 2.24) is 15.0 Å². The summed E-state index contributed by atoms with van der Waals surface area (Å²) in [7, 11) is 0. The molecule has 3 heterocycles. The van der Waals surface area contributed by atoms with Gasteiger partial charge in [0.25, 0.3) is 0 Å². The van der Waals surface area contributed by atoms with E-state index in [4.69, 9.17) is 18.8 Å². The van der Waals surface area contributed by atoms with Crippen LogP contribution in [0.3, 0.4) is 0 Å². The molecular formula is C15H17N3O6. The SMILES string of the molecule is O=C(O)CC1CN(C(=O)CCc2nc(-c3ccco3)no2)CCO1. The lowest BCUT2D eigenvalue weighted by molar-refractivity contribution is -0.147. The van der Waals surface area contributed by atoms with Crippen LogP contribution in [0.4, 0.5) is 0 Å². The topological polar surface area (TPSA) is 119 Å². The lowest BCUT2D eigenvalue weighted by Crippen LogP contribution is -2.46. The maximum absolute atomic E-state index is 12.3. The summed E-state index contributed by atoms with van der Waals surface area (Å²) in [6, 6.07) is 3.44. The van der Waals surface area contributed by atoms with Gasteiger partial charge in [0.05, 0.1) is 25.4 Å². The summed E-state index contributed by atoms with van der Waals surface area (Å²) >= 11 is 0. The van der Waals surface area contributed by atoms with E-state index in [-0.39, 0.29) is 25.3 Å². The van der Waals surface area contributed by atoms with Gasteiger partial charge < -0.3 is 23.7 Å². The van der Waals surface area contributed by atoms with Gasteiger partial charge in [-0.1, -0.05) is 5.16 Å². The molecule has 0 bridgehead atoms. The fraction of sp³-hybridized carbons (Fsp3) is 0.467. The lowest BCUT2D eigenvalue weighted by atomic mass is 10.2. The second kappa shape index (κ2) is 7.26. The zero-order valence-corrected chi connectivity index (χ0v) is 12.9. The average Bonchev–Trinajstić information content (AvgIpc) is 3.23. The van der Waals surface area contributed by atoms with Crippen LogP contribution in [0.25, 0.3) is 11.6 Å². The summed E-state index contributed by atoms with van der Waals surface area (Å²) in [5, 5.41) is 12.6. The van der Waals surface area contributed by atoms with Gasteiger partial charge in [-0.05, 0) is 12.1 Å². The van der Waals surface area contributed by atoms with E-state index in [2.05, 4.69) is 10.1 Å². The first-order valence-corrected chi connectivity index (χ1v) is 7.59. The van der Waals surface area contributed by atoms with Crippen molar-refractivity contribution in [2.24, 2.45) is 0 Å². The van der Waals surface area contributed by atoms with E-state index in [1.165, 1.54) is 6.26 Å². The Balaban J connectivity index is 1.51. The first-order chi connectivity index (χ1) is 11.6. The fourth-order valence-electron chi connectivity index (χ4n) is 2.50. The molecule has 1 unspecified atom stereocenters. The molecule has 0 aromatic carbocycles. The first kappa shape index (κ1) is 16.2. The fourth-order valence-corrected chi connectivity index (χ4v) is 2.50. The average molecular weight is 335 g/mol. The van der Waals surface area contributed by atoms with Gasteiger partial charge in [-0.25, -0.2) is 0 Å². The molecule has 1 fully saturated rings. The molecule has 1 aliphatic rings. The van der Waals surface area contributed by atoms with E-state index in [1.54, 1.807) is 17.0 Å². The number of aryl methyl sites for hydroxylation is 1. The van der Waals surface area contributed by atoms with Crippen molar-refractivity contribution in [2.75, 3.05) is 19.7 Å². The normalized spacial score (nSPS) is 17.8. The molecule has 0 aliphatic carbocycles. The van der Waals surface area contributed by atoms with Crippen molar-refractivity contribution in [3.05, 3.63) is 24.3 Å². The second-order valence-electron chi connectivity index (χ2n) is 5.42. The summed E-state index contributed by atoms with van der Waals surface area (Å²) in [4.78, 5) is 28.8. The van der Waals surface area contributed by atoms with Crippen LogP contribution in [0.2, 0.25) is 0 Å². The number of carboxylic acids is 1. The van der Waals surface area contributed by atoms with Crippen LogP contribution in [0.1, 0.15) is 18.7 Å². The summed E-state index contributed by atoms with van der Waals surface area (Å²) in [6.45, 7) is 1.08. The predicted octanol–water partition coefficient (Wildman–Crippen LogP) is 0.964. The van der Waals surface area contributed by atoms with Gasteiger partial charge in [0.1, 0.15) is 0 Å². The Bertz CT molecular complexity index is 696. The molecular weight excluding hydrogens is 318 g/mol. The van der Waals surface area contributed by atoms with E-state index in [0.29, 0.717) is 37.0 Å². The minimum Gasteiger partial charge on any atom is -0.481 e. The summed E-state index contributed by atoms with van der Waals surface area (Å²) in [5.74, 6) is 0.165. The van der Waals surface area contributed by atoms with Crippen molar-refractivity contribution >= 4 is 11.9 Å². The molecule has 1 saturated heterocycles. The van der Waals surface area contributed by atoms with Crippen LogP contribution in [0.15, 0.2) is 27.3 Å². The Hall–Kier alpha value is -2.68. The summed E-state index contributed by atoms with van der Waals surface area (Å²) in [5.41, 5.74) is 0. The van der Waals surface area contributed by atoms with Crippen LogP contribution in [-0.2, 0) is 20.7 Å². The molecule has 1 N–H and O–H groups in total. The molecule has 0 radical (unpaired) electrons. The van der Waals surface area contributed by atoms with Gasteiger partial charge in [-0.2, -0.15) is 4.98 Å². The Morgan fingerprint density at radius 2 is 2.29 bits per heavy atom. The van der Waals surface area contributed by atoms with Crippen LogP contribution in [-0.4, -0.2) is 57.8 Å². The number of carbonyl (C=O) groups excluding carboxylic acids is 1. The van der Waals surface area contributed by atoms with Crippen molar-refractivity contribution in [2.45, 2.75) is 25.4 Å². The van der Waals surface area contributed by atoms with Gasteiger partial charge in [0, 0.05) is 25.9 Å². The van der Waals surface area contributed by atoms with E-state index < -0.39 is 12.1 Å². The van der Waals surface area contributed by atoms with Gasteiger partial charge in [-0.15, -0.1) is 0 Å². The maximum Gasteiger partial charge on any atom is 0.306 e. The zero-order valence-electron chi connectivity index (χ0n) is 12.9. The number of carboxylic acid groups (broad SMARTS) is 1. The Labute approximate surface area is 137 Å². The molecule has 1 amide bonds. The molecule has 3 rings (SSSR count). The molecule has 2 aromatic rings. The first-order valence-electron chi connectivity index (χ1n) is 7.59. The van der Waals surface area contributed by atoms with Gasteiger partial charge in [0.2, 0.25) is 17.6 Å². The monoisotopic (exact) mass is 335 g/mol. The van der Waals surface area contributed by atoms with E-state index in [1.807, 2.05) is 0 Å². The number of ether oxygens (including phenoxy) is 1. The predicted molar refractivity (Wildman–Crippen MR) is 78.9 cm³/mol. The van der Waals surface area contributed by atoms with E-state index >= 15 is 0 Å². The number of aliphatic carboxylic acids is 1. The third-order valence-corrected chi connectivity index (χ3v) is 3.66. The van der Waals surface area contributed by atoms with Crippen molar-refractivity contribution < 1.29 is 28.4 Å². The van der Waals surface area contributed by atoms with Crippen LogP contribution in [0.5, 0.6) is 0 Å². The van der Waals surface area contributed by atoms with Crippen molar-refractivity contribution in [3.63, 3.8) is 0 Å². The molecule has 0 saturated carbocycles. The highest BCUT2D eigenvalue weighted by Crippen LogP contribution is 2.17. The minimum absolute atomic E-state index is 0.0913. The van der Waals surface area contributed by atoms with Gasteiger partial charge in [-0.3, -0.25) is 9.59 Å². The highest BCUT2D eigenvalue weighted by molar-refractivity contribution is 5.76. The molecule has 9 nitrogen and oxygen atoms in total. The lowest BCUT2D eigenvalue weighted by Gasteiger charge is -2.32. The number of furan rings is 1. The number of hydrogen-bond acceptors (Lipinski definition) is 7. The number of morpholine rings is 1. The van der Waals surface area contributed by atoms with Crippen molar-refractivity contribution in [1.29, 1.82) is 0 Å². The van der Waals surface area contributed by atoms with Gasteiger partial charge in [0.15, 0.2) is 5.76 Å². The Morgan fingerprint density at radius 1 is 1.42 bits per heavy atom. The third kappa shape index (κ3) is 3.99. The largest absolute Gasteiger partial charge is 0.481 e. The molecule has 0 spiro atoms. The summed E-state index contributed by atoms with van der Waals surface area (Å²) in [6.07, 6.45) is 1.46. The molecule has 1 aliphatic heterocycles. The molecule has 24 heavy (non-hydrogen) atoms. The maximum atomic E-state index is 12.3. The van der Waals surface area contributed by atoms with E-state index in [9.17, 15) is 9.59 Å². The molecule has 2 aromatic heterocycles. The number of hydrogen-bond donors (Lipinski definition) is 1.